The lowest BCUT2D eigenvalue weighted by Gasteiger charge is -2.25. The Kier molecular flexibility index (Phi) is 6.18. The average molecular weight is 279 g/mol. The zero-order chi connectivity index (χ0) is 15.1. The molecule has 0 radical (unpaired) electrons. The maximum absolute atomic E-state index is 12.1. The predicted octanol–water partition coefficient (Wildman–Crippen LogP) is 1.36. The number of hydrogen-bond donors (Lipinski definition) is 2. The SMILES string of the molecule is CCOC(=O)C(NC(=O)c1ccccc1)C(O)C(C)C. The zero-order valence-corrected chi connectivity index (χ0v) is 12.0. The molecule has 1 aromatic carbocycles. The maximum atomic E-state index is 12.1. The van der Waals surface area contributed by atoms with Crippen LogP contribution in [0, 0.1) is 5.92 Å². The van der Waals surface area contributed by atoms with Gasteiger partial charge in [-0.05, 0) is 25.0 Å². The number of carbonyl (C=O) groups excluding carboxylic acids is 2. The number of carbonyl (C=O) groups is 2. The molecule has 5 heteroatoms. The van der Waals surface area contributed by atoms with Crippen molar-refractivity contribution in [1.82, 2.24) is 5.32 Å². The van der Waals surface area contributed by atoms with Crippen LogP contribution < -0.4 is 5.32 Å². The number of aliphatic hydroxyl groups is 1. The Labute approximate surface area is 118 Å². The topological polar surface area (TPSA) is 75.6 Å². The molecule has 0 bridgehead atoms. The van der Waals surface area contributed by atoms with Crippen LogP contribution in [-0.2, 0) is 9.53 Å². The van der Waals surface area contributed by atoms with E-state index in [2.05, 4.69) is 5.32 Å². The Morgan fingerprint density at radius 2 is 1.85 bits per heavy atom. The highest BCUT2D eigenvalue weighted by Crippen LogP contribution is 2.09. The lowest BCUT2D eigenvalue weighted by molar-refractivity contribution is -0.149. The fourth-order valence-electron chi connectivity index (χ4n) is 1.71. The first-order valence-electron chi connectivity index (χ1n) is 6.68. The highest BCUT2D eigenvalue weighted by molar-refractivity contribution is 5.96. The highest BCUT2D eigenvalue weighted by Gasteiger charge is 2.31. The number of amides is 1. The third-order valence-electron chi connectivity index (χ3n) is 2.89. The number of hydrogen-bond acceptors (Lipinski definition) is 4. The van der Waals surface area contributed by atoms with Crippen molar-refractivity contribution in [2.24, 2.45) is 5.92 Å². The summed E-state index contributed by atoms with van der Waals surface area (Å²) in [6, 6.07) is 7.46. The Bertz CT molecular complexity index is 444. The van der Waals surface area contributed by atoms with E-state index in [1.54, 1.807) is 51.1 Å². The van der Waals surface area contributed by atoms with Gasteiger partial charge in [0.1, 0.15) is 0 Å². The number of nitrogens with one attached hydrogen (secondary N) is 1. The molecule has 2 N–H and O–H groups in total. The summed E-state index contributed by atoms with van der Waals surface area (Å²) in [5.74, 6) is -1.22. The fraction of sp³-hybridized carbons (Fsp3) is 0.467. The van der Waals surface area contributed by atoms with Crippen LogP contribution >= 0.6 is 0 Å². The van der Waals surface area contributed by atoms with Crippen LogP contribution in [0.15, 0.2) is 30.3 Å². The van der Waals surface area contributed by atoms with Crippen molar-refractivity contribution in [2.75, 3.05) is 6.61 Å². The van der Waals surface area contributed by atoms with E-state index in [0.717, 1.165) is 0 Å². The van der Waals surface area contributed by atoms with E-state index < -0.39 is 24.0 Å². The molecular formula is C15H21NO4. The van der Waals surface area contributed by atoms with Crippen molar-refractivity contribution in [3.8, 4) is 0 Å². The van der Waals surface area contributed by atoms with Crippen LogP contribution in [0.4, 0.5) is 0 Å². The first-order valence-corrected chi connectivity index (χ1v) is 6.68. The Balaban J connectivity index is 2.84. The van der Waals surface area contributed by atoms with E-state index in [4.69, 9.17) is 4.74 Å². The molecule has 0 aliphatic heterocycles. The van der Waals surface area contributed by atoms with Crippen LogP contribution in [0.3, 0.4) is 0 Å². The van der Waals surface area contributed by atoms with E-state index in [1.165, 1.54) is 0 Å². The molecule has 2 atom stereocenters. The lowest BCUT2D eigenvalue weighted by Crippen LogP contribution is -2.51. The Morgan fingerprint density at radius 3 is 2.35 bits per heavy atom. The third kappa shape index (κ3) is 4.35. The summed E-state index contributed by atoms with van der Waals surface area (Å²) < 4.78 is 4.90. The minimum atomic E-state index is -1.07. The third-order valence-corrected chi connectivity index (χ3v) is 2.89. The summed E-state index contributed by atoms with van der Waals surface area (Å²) in [6.07, 6.45) is -0.998. The van der Waals surface area contributed by atoms with Gasteiger partial charge in [-0.1, -0.05) is 32.0 Å². The number of esters is 1. The lowest BCUT2D eigenvalue weighted by atomic mass is 9.99. The first-order chi connectivity index (χ1) is 9.47. The van der Waals surface area contributed by atoms with Crippen molar-refractivity contribution in [3.63, 3.8) is 0 Å². The summed E-state index contributed by atoms with van der Waals surface area (Å²) in [5, 5.41) is 12.6. The molecular weight excluding hydrogens is 258 g/mol. The van der Waals surface area contributed by atoms with Gasteiger partial charge in [-0.15, -0.1) is 0 Å². The van der Waals surface area contributed by atoms with Crippen molar-refractivity contribution in [3.05, 3.63) is 35.9 Å². The average Bonchev–Trinajstić information content (AvgIpc) is 2.44. The van der Waals surface area contributed by atoms with Crippen molar-refractivity contribution in [2.45, 2.75) is 32.9 Å². The van der Waals surface area contributed by atoms with E-state index in [0.29, 0.717) is 5.56 Å². The number of ether oxygens (including phenoxy) is 1. The molecule has 0 saturated carbocycles. The highest BCUT2D eigenvalue weighted by atomic mass is 16.5. The summed E-state index contributed by atoms with van der Waals surface area (Å²) in [5.41, 5.74) is 0.428. The zero-order valence-electron chi connectivity index (χ0n) is 12.0. The van der Waals surface area contributed by atoms with Crippen molar-refractivity contribution < 1.29 is 19.4 Å². The molecule has 1 amide bonds. The molecule has 2 unspecified atom stereocenters. The molecule has 20 heavy (non-hydrogen) atoms. The van der Waals surface area contributed by atoms with Gasteiger partial charge in [0, 0.05) is 5.56 Å². The molecule has 0 saturated heterocycles. The van der Waals surface area contributed by atoms with E-state index in [9.17, 15) is 14.7 Å². The van der Waals surface area contributed by atoms with E-state index >= 15 is 0 Å². The summed E-state index contributed by atoms with van der Waals surface area (Å²) >= 11 is 0. The van der Waals surface area contributed by atoms with Gasteiger partial charge in [0.2, 0.25) is 0 Å². The number of benzene rings is 1. The monoisotopic (exact) mass is 279 g/mol. The van der Waals surface area contributed by atoms with E-state index in [-0.39, 0.29) is 12.5 Å². The molecule has 0 aliphatic rings. The second-order valence-corrected chi connectivity index (χ2v) is 4.80. The first kappa shape index (κ1) is 16.2. The smallest absolute Gasteiger partial charge is 0.331 e. The number of rotatable bonds is 6. The molecule has 110 valence electrons. The van der Waals surface area contributed by atoms with Gasteiger partial charge in [-0.25, -0.2) is 4.79 Å². The quantitative estimate of drug-likeness (QED) is 0.771. The minimum Gasteiger partial charge on any atom is -0.464 e. The van der Waals surface area contributed by atoms with Crippen molar-refractivity contribution >= 4 is 11.9 Å². The van der Waals surface area contributed by atoms with Gasteiger partial charge < -0.3 is 15.2 Å². The van der Waals surface area contributed by atoms with E-state index in [1.807, 2.05) is 0 Å². The van der Waals surface area contributed by atoms with Crippen LogP contribution in [0.1, 0.15) is 31.1 Å². The normalized spacial score (nSPS) is 13.7. The van der Waals surface area contributed by atoms with Crippen molar-refractivity contribution in [1.29, 1.82) is 0 Å². The molecule has 0 aromatic heterocycles. The molecule has 0 aliphatic carbocycles. The van der Waals surface area contributed by atoms with Gasteiger partial charge in [-0.2, -0.15) is 0 Å². The van der Waals surface area contributed by atoms with Crippen LogP contribution in [-0.4, -0.2) is 35.7 Å². The molecule has 0 heterocycles. The predicted molar refractivity (Wildman–Crippen MR) is 75.2 cm³/mol. The standard InChI is InChI=1S/C15H21NO4/c1-4-20-15(19)12(13(17)10(2)3)16-14(18)11-8-6-5-7-9-11/h5-10,12-13,17H,4H2,1-3H3,(H,16,18). The molecule has 0 spiro atoms. The summed E-state index contributed by atoms with van der Waals surface area (Å²) in [7, 11) is 0. The van der Waals surface area contributed by atoms with Gasteiger partial charge >= 0.3 is 5.97 Å². The molecule has 1 rings (SSSR count). The largest absolute Gasteiger partial charge is 0.464 e. The second kappa shape index (κ2) is 7.65. The van der Waals surface area contributed by atoms with Gasteiger partial charge in [0.05, 0.1) is 12.7 Å². The molecule has 5 nitrogen and oxygen atoms in total. The molecule has 1 aromatic rings. The van der Waals surface area contributed by atoms with Gasteiger partial charge in [-0.3, -0.25) is 4.79 Å². The Morgan fingerprint density at radius 1 is 1.25 bits per heavy atom. The van der Waals surface area contributed by atoms with Crippen LogP contribution in [0.2, 0.25) is 0 Å². The maximum Gasteiger partial charge on any atom is 0.331 e. The van der Waals surface area contributed by atoms with Gasteiger partial charge in [0.15, 0.2) is 6.04 Å². The Hall–Kier alpha value is -1.88. The van der Waals surface area contributed by atoms with Gasteiger partial charge in [0.25, 0.3) is 5.91 Å². The molecule has 0 fully saturated rings. The second-order valence-electron chi connectivity index (χ2n) is 4.80. The number of aliphatic hydroxyl groups excluding tert-OH is 1. The summed E-state index contributed by atoms with van der Waals surface area (Å²) in [6.45, 7) is 5.41. The minimum absolute atomic E-state index is 0.180. The van der Waals surface area contributed by atoms with Crippen LogP contribution in [0.25, 0.3) is 0 Å². The van der Waals surface area contributed by atoms with Crippen LogP contribution in [0.5, 0.6) is 0 Å². The fourth-order valence-corrected chi connectivity index (χ4v) is 1.71. The summed E-state index contributed by atoms with van der Waals surface area (Å²) in [4.78, 5) is 23.9.